The fourth-order valence-electron chi connectivity index (χ4n) is 3.61. The standard InChI is InChI=1S/C26H25N3O7S/c1-16-22-24(37-23(16)26(32)36-12-11-35-18-7-5-4-6-8-18)27-15-29(25(22)31)14-21(30)28-17-9-10-19(33-2)20(13-17)34-3/h4-10,13,15H,11-12,14H2,1-3H3,(H,28,30). The maximum atomic E-state index is 13.1. The molecule has 192 valence electrons. The molecular weight excluding hydrogens is 498 g/mol. The van der Waals surface area contributed by atoms with Crippen LogP contribution in [0.15, 0.2) is 59.7 Å². The van der Waals surface area contributed by atoms with E-state index in [0.29, 0.717) is 33.3 Å². The first kappa shape index (κ1) is 25.7. The Bertz CT molecular complexity index is 1480. The number of aryl methyl sites for hydroxylation is 1. The van der Waals surface area contributed by atoms with Crippen LogP contribution in [0, 0.1) is 6.92 Å². The number of nitrogens with zero attached hydrogens (tertiary/aromatic N) is 2. The monoisotopic (exact) mass is 523 g/mol. The molecular formula is C26H25N3O7S. The lowest BCUT2D eigenvalue weighted by atomic mass is 10.2. The lowest BCUT2D eigenvalue weighted by Gasteiger charge is -2.11. The molecule has 0 aliphatic heterocycles. The molecule has 10 nitrogen and oxygen atoms in total. The number of hydrogen-bond donors (Lipinski definition) is 1. The first-order valence-corrected chi connectivity index (χ1v) is 12.1. The van der Waals surface area contributed by atoms with Gasteiger partial charge in [0.1, 0.15) is 35.2 Å². The largest absolute Gasteiger partial charge is 0.493 e. The summed E-state index contributed by atoms with van der Waals surface area (Å²) in [6.07, 6.45) is 1.29. The normalized spacial score (nSPS) is 10.7. The number of thiophene rings is 1. The van der Waals surface area contributed by atoms with Crippen LogP contribution in [0.4, 0.5) is 5.69 Å². The molecule has 1 amide bonds. The molecule has 37 heavy (non-hydrogen) atoms. The van der Waals surface area contributed by atoms with Crippen LogP contribution in [-0.2, 0) is 16.1 Å². The third-order valence-corrected chi connectivity index (χ3v) is 6.59. The minimum atomic E-state index is -0.561. The number of methoxy groups -OCH3 is 2. The van der Waals surface area contributed by atoms with E-state index in [1.165, 1.54) is 25.1 Å². The Kier molecular flexibility index (Phi) is 8.04. The smallest absolute Gasteiger partial charge is 0.348 e. The van der Waals surface area contributed by atoms with Crippen LogP contribution in [0.25, 0.3) is 10.2 Å². The molecule has 1 N–H and O–H groups in total. The molecule has 4 aromatic rings. The summed E-state index contributed by atoms with van der Waals surface area (Å²) < 4.78 is 22.5. The predicted molar refractivity (Wildman–Crippen MR) is 139 cm³/mol. The number of rotatable bonds is 10. The molecule has 0 spiro atoms. The Labute approximate surface area is 216 Å². The van der Waals surface area contributed by atoms with Gasteiger partial charge in [-0.15, -0.1) is 11.3 Å². The van der Waals surface area contributed by atoms with Gasteiger partial charge in [-0.3, -0.25) is 14.2 Å². The molecule has 0 fully saturated rings. The minimum absolute atomic E-state index is 0.0510. The molecule has 0 unspecified atom stereocenters. The number of anilines is 1. The van der Waals surface area contributed by atoms with Crippen LogP contribution in [0.1, 0.15) is 15.2 Å². The van der Waals surface area contributed by atoms with Gasteiger partial charge in [0.05, 0.1) is 25.9 Å². The van der Waals surface area contributed by atoms with E-state index in [2.05, 4.69) is 10.3 Å². The average Bonchev–Trinajstić information content (AvgIpc) is 3.25. The third kappa shape index (κ3) is 5.89. The average molecular weight is 524 g/mol. The molecule has 0 atom stereocenters. The fourth-order valence-corrected chi connectivity index (χ4v) is 4.64. The number of amides is 1. The number of aromatic nitrogens is 2. The number of carbonyl (C=O) groups is 2. The molecule has 2 heterocycles. The summed E-state index contributed by atoms with van der Waals surface area (Å²) in [5.74, 6) is 0.671. The molecule has 0 radical (unpaired) electrons. The number of carbonyl (C=O) groups excluding carboxylic acids is 2. The van der Waals surface area contributed by atoms with Gasteiger partial charge in [-0.25, -0.2) is 9.78 Å². The van der Waals surface area contributed by atoms with Crippen LogP contribution in [0.3, 0.4) is 0 Å². The van der Waals surface area contributed by atoms with Gasteiger partial charge in [0.25, 0.3) is 5.56 Å². The van der Waals surface area contributed by atoms with E-state index in [1.54, 1.807) is 25.1 Å². The van der Waals surface area contributed by atoms with Crippen LogP contribution in [0.5, 0.6) is 17.2 Å². The van der Waals surface area contributed by atoms with Crippen molar-refractivity contribution in [2.75, 3.05) is 32.8 Å². The van der Waals surface area contributed by atoms with E-state index < -0.39 is 17.4 Å². The van der Waals surface area contributed by atoms with Crippen molar-refractivity contribution in [3.05, 3.63) is 75.7 Å². The topological polar surface area (TPSA) is 118 Å². The quantitative estimate of drug-likeness (QED) is 0.247. The first-order valence-electron chi connectivity index (χ1n) is 11.3. The Hall–Kier alpha value is -4.38. The second-order valence-corrected chi connectivity index (χ2v) is 8.83. The summed E-state index contributed by atoms with van der Waals surface area (Å²) in [6.45, 7) is 1.64. The zero-order valence-corrected chi connectivity index (χ0v) is 21.3. The zero-order valence-electron chi connectivity index (χ0n) is 20.5. The lowest BCUT2D eigenvalue weighted by Crippen LogP contribution is -2.28. The predicted octanol–water partition coefficient (Wildman–Crippen LogP) is 3.66. The fraction of sp³-hybridized carbons (Fsp3) is 0.231. The lowest BCUT2D eigenvalue weighted by molar-refractivity contribution is -0.116. The summed E-state index contributed by atoms with van der Waals surface area (Å²) in [4.78, 5) is 43.3. The van der Waals surface area contributed by atoms with Crippen LogP contribution in [-0.4, -0.2) is 48.9 Å². The van der Waals surface area contributed by atoms with E-state index >= 15 is 0 Å². The highest BCUT2D eigenvalue weighted by Crippen LogP contribution is 2.30. The molecule has 0 bridgehead atoms. The van der Waals surface area contributed by atoms with Crippen molar-refractivity contribution in [1.82, 2.24) is 9.55 Å². The van der Waals surface area contributed by atoms with E-state index in [0.717, 1.165) is 11.3 Å². The van der Waals surface area contributed by atoms with Crippen LogP contribution >= 0.6 is 11.3 Å². The number of para-hydroxylation sites is 1. The molecule has 0 saturated heterocycles. The second-order valence-electron chi connectivity index (χ2n) is 7.83. The van der Waals surface area contributed by atoms with Gasteiger partial charge in [-0.2, -0.15) is 0 Å². The van der Waals surface area contributed by atoms with Crippen molar-refractivity contribution in [1.29, 1.82) is 0 Å². The number of esters is 1. The Morgan fingerprint density at radius 2 is 1.78 bits per heavy atom. The highest BCUT2D eigenvalue weighted by Gasteiger charge is 2.21. The molecule has 0 aliphatic rings. The SMILES string of the molecule is COc1ccc(NC(=O)Cn2cnc3sc(C(=O)OCCOc4ccccc4)c(C)c3c2=O)cc1OC. The molecule has 2 aromatic carbocycles. The molecule has 0 saturated carbocycles. The molecule has 11 heteroatoms. The number of nitrogens with one attached hydrogen (secondary N) is 1. The van der Waals surface area contributed by atoms with Crippen molar-refractivity contribution < 1.29 is 28.5 Å². The highest BCUT2D eigenvalue weighted by atomic mass is 32.1. The van der Waals surface area contributed by atoms with Gasteiger partial charge in [0, 0.05) is 11.8 Å². The van der Waals surface area contributed by atoms with E-state index in [1.807, 2.05) is 30.3 Å². The summed E-state index contributed by atoms with van der Waals surface area (Å²) >= 11 is 1.07. The van der Waals surface area contributed by atoms with Crippen molar-refractivity contribution in [3.8, 4) is 17.2 Å². The van der Waals surface area contributed by atoms with E-state index in [-0.39, 0.29) is 30.0 Å². The number of hydrogen-bond acceptors (Lipinski definition) is 9. The van der Waals surface area contributed by atoms with Crippen molar-refractivity contribution in [3.63, 3.8) is 0 Å². The van der Waals surface area contributed by atoms with E-state index in [9.17, 15) is 14.4 Å². The van der Waals surface area contributed by atoms with Gasteiger partial charge < -0.3 is 24.3 Å². The number of benzene rings is 2. The van der Waals surface area contributed by atoms with E-state index in [4.69, 9.17) is 18.9 Å². The summed E-state index contributed by atoms with van der Waals surface area (Å²) in [5.41, 5.74) is 0.520. The number of ether oxygens (including phenoxy) is 4. The van der Waals surface area contributed by atoms with Gasteiger partial charge in [-0.1, -0.05) is 18.2 Å². The Morgan fingerprint density at radius 3 is 2.51 bits per heavy atom. The van der Waals surface area contributed by atoms with Crippen LogP contribution < -0.4 is 25.1 Å². The van der Waals surface area contributed by atoms with Gasteiger partial charge in [0.2, 0.25) is 5.91 Å². The van der Waals surface area contributed by atoms with Crippen molar-refractivity contribution in [2.45, 2.75) is 13.5 Å². The summed E-state index contributed by atoms with van der Waals surface area (Å²) in [7, 11) is 3.01. The summed E-state index contributed by atoms with van der Waals surface area (Å²) in [5, 5.41) is 3.00. The van der Waals surface area contributed by atoms with Gasteiger partial charge >= 0.3 is 5.97 Å². The zero-order chi connectivity index (χ0) is 26.4. The number of fused-ring (bicyclic) bond motifs is 1. The highest BCUT2D eigenvalue weighted by molar-refractivity contribution is 7.20. The molecule has 4 rings (SSSR count). The van der Waals surface area contributed by atoms with Gasteiger partial charge in [-0.05, 0) is 36.8 Å². The third-order valence-electron chi connectivity index (χ3n) is 5.41. The van der Waals surface area contributed by atoms with Crippen molar-refractivity contribution >= 4 is 39.1 Å². The molecule has 2 aromatic heterocycles. The Morgan fingerprint density at radius 1 is 1.03 bits per heavy atom. The maximum Gasteiger partial charge on any atom is 0.348 e. The minimum Gasteiger partial charge on any atom is -0.493 e. The van der Waals surface area contributed by atoms with Crippen molar-refractivity contribution in [2.24, 2.45) is 0 Å². The van der Waals surface area contributed by atoms with Crippen LogP contribution in [0.2, 0.25) is 0 Å². The maximum absolute atomic E-state index is 13.1. The summed E-state index contributed by atoms with van der Waals surface area (Å²) in [6, 6.07) is 14.1. The Balaban J connectivity index is 1.43. The van der Waals surface area contributed by atoms with Gasteiger partial charge in [0.15, 0.2) is 11.5 Å². The second kappa shape index (κ2) is 11.6. The molecule has 0 aliphatic carbocycles. The first-order chi connectivity index (χ1) is 17.9.